The van der Waals surface area contributed by atoms with Gasteiger partial charge >= 0.3 is 29.6 Å². The summed E-state index contributed by atoms with van der Waals surface area (Å²) in [6.07, 6.45) is 3.91. The quantitative estimate of drug-likeness (QED) is 0.160. The van der Waals surface area contributed by atoms with Crippen LogP contribution in [0.25, 0.3) is 17.0 Å². The molecule has 2 aliphatic rings. The van der Waals surface area contributed by atoms with E-state index < -0.39 is 0 Å². The number of hydrogen-bond acceptors (Lipinski definition) is 7. The molecule has 2 saturated heterocycles. The first kappa shape index (κ1) is 32.4. The van der Waals surface area contributed by atoms with Crippen LogP contribution in [0.4, 0.5) is 4.79 Å². The maximum atomic E-state index is 11.8. The zero-order valence-electron chi connectivity index (χ0n) is 25.0. The van der Waals surface area contributed by atoms with Gasteiger partial charge in [-0.3, -0.25) is 19.8 Å². The van der Waals surface area contributed by atoms with Gasteiger partial charge in [0.05, 0.1) is 4.91 Å². The van der Waals surface area contributed by atoms with Gasteiger partial charge in [0.1, 0.15) is 36.1 Å². The number of nitrogens with zero attached hydrogens (tertiary/aromatic N) is 1. The molecule has 9 heteroatoms. The Balaban J connectivity index is 0.00000384. The van der Waals surface area contributed by atoms with Crippen molar-refractivity contribution in [3.05, 3.63) is 98.6 Å². The molecule has 44 heavy (non-hydrogen) atoms. The molecule has 2 aliphatic heterocycles. The summed E-state index contributed by atoms with van der Waals surface area (Å²) in [6, 6.07) is 18.2. The van der Waals surface area contributed by atoms with Crippen LogP contribution in [0.3, 0.4) is 0 Å². The van der Waals surface area contributed by atoms with Crippen LogP contribution in [0.15, 0.2) is 63.9 Å². The van der Waals surface area contributed by atoms with Crippen LogP contribution >= 0.6 is 11.8 Å². The number of aryl methyl sites for hydroxylation is 3. The zero-order chi connectivity index (χ0) is 30.1. The first-order valence-electron chi connectivity index (χ1n) is 14.7. The molecule has 1 N–H and O–H groups in total. The van der Waals surface area contributed by atoms with Crippen molar-refractivity contribution in [3.63, 3.8) is 0 Å². The van der Waals surface area contributed by atoms with Crippen molar-refractivity contribution in [2.24, 2.45) is 0 Å². The number of amides is 2. The van der Waals surface area contributed by atoms with Gasteiger partial charge in [0.15, 0.2) is 0 Å². The molecule has 1 atom stereocenters. The van der Waals surface area contributed by atoms with E-state index in [9.17, 15) is 9.59 Å². The van der Waals surface area contributed by atoms with Crippen molar-refractivity contribution in [3.8, 4) is 11.5 Å². The fourth-order valence-electron chi connectivity index (χ4n) is 6.03. The summed E-state index contributed by atoms with van der Waals surface area (Å²) in [7, 11) is 0. The third-order valence-corrected chi connectivity index (χ3v) is 9.33. The number of thioether (sulfide) groups is 1. The predicted molar refractivity (Wildman–Crippen MR) is 178 cm³/mol. The second kappa shape index (κ2) is 14.0. The van der Waals surface area contributed by atoms with Gasteiger partial charge in [-0.15, -0.1) is 0 Å². The van der Waals surface area contributed by atoms with Crippen molar-refractivity contribution in [1.82, 2.24) is 10.2 Å². The number of benzene rings is 3. The van der Waals surface area contributed by atoms with Gasteiger partial charge in [-0.2, -0.15) is 0 Å². The Morgan fingerprint density at radius 3 is 2.43 bits per heavy atom. The number of hydrogen-bond donors (Lipinski definition) is 1. The average Bonchev–Trinajstić information content (AvgIpc) is 3.68. The van der Waals surface area contributed by atoms with Crippen LogP contribution in [0.2, 0.25) is 0 Å². The molecule has 0 aliphatic carbocycles. The van der Waals surface area contributed by atoms with E-state index in [1.165, 1.54) is 5.56 Å². The summed E-state index contributed by atoms with van der Waals surface area (Å²) in [5.74, 6) is 2.32. The molecule has 1 aromatic heterocycles. The van der Waals surface area contributed by atoms with Gasteiger partial charge in [-0.25, -0.2) is 0 Å². The van der Waals surface area contributed by atoms with Crippen LogP contribution in [0, 0.1) is 27.7 Å². The molecule has 6 rings (SSSR count). The molecule has 224 valence electrons. The van der Waals surface area contributed by atoms with Crippen LogP contribution < -0.4 is 14.8 Å². The zero-order valence-corrected chi connectivity index (χ0v) is 25.8. The number of carbonyl (C=O) groups is 2. The predicted octanol–water partition coefficient (Wildman–Crippen LogP) is 6.96. The number of furan rings is 1. The maximum absolute atomic E-state index is 11.8. The van der Waals surface area contributed by atoms with Gasteiger partial charge in [-0.05, 0) is 99.3 Å². The first-order chi connectivity index (χ1) is 20.8. The third-order valence-electron chi connectivity index (χ3n) is 8.52. The molecular weight excluding hydrogens is 583 g/mol. The average molecular weight is 621 g/mol. The van der Waals surface area contributed by atoms with E-state index in [4.69, 9.17) is 13.9 Å². The summed E-state index contributed by atoms with van der Waals surface area (Å²) >= 11 is 0.918. The second-order valence-electron chi connectivity index (χ2n) is 11.3. The number of imide groups is 1. The van der Waals surface area contributed by atoms with Crippen LogP contribution in [-0.4, -0.2) is 64.8 Å². The van der Waals surface area contributed by atoms with E-state index in [1.807, 2.05) is 42.5 Å². The van der Waals surface area contributed by atoms with Gasteiger partial charge < -0.3 is 13.9 Å². The monoisotopic (exact) mass is 620 g/mol. The van der Waals surface area contributed by atoms with Crippen molar-refractivity contribution in [1.29, 1.82) is 0 Å². The van der Waals surface area contributed by atoms with E-state index in [2.05, 4.69) is 50.0 Å². The van der Waals surface area contributed by atoms with E-state index >= 15 is 0 Å². The SMILES string of the molecule is Cc1oc2c(C)c(C)c(OCc3ccccc3)c(C)c2c1CN1CCC[C@H]1COc1ccc(C=C2SC(=O)NC2=O)cc1.[NaH]. The summed E-state index contributed by atoms with van der Waals surface area (Å²) in [6.45, 7) is 11.4. The fraction of sp³-hybridized carbons (Fsp3) is 0.314. The molecule has 2 amide bonds. The van der Waals surface area contributed by atoms with Crippen molar-refractivity contribution < 1.29 is 23.5 Å². The normalized spacial score (nSPS) is 17.7. The van der Waals surface area contributed by atoms with Crippen LogP contribution in [0.5, 0.6) is 11.5 Å². The van der Waals surface area contributed by atoms with E-state index in [0.29, 0.717) is 18.1 Å². The van der Waals surface area contributed by atoms with Gasteiger partial charge in [0, 0.05) is 29.1 Å². The standard InChI is InChI=1S/C35H36N2O5S.Na.H/c1-21-22(2)33-31(23(3)32(21)41-19-26-9-6-5-7-10-26)29(24(4)42-33)18-37-16-8-11-27(37)20-40-28-14-12-25(13-15-28)17-30-34(38)36-35(39)43-30;;/h5-7,9-10,12-15,17,27H,8,11,16,18-20H2,1-4H3,(H,36,38,39);;/t27-;;/m0../s1. The van der Waals surface area contributed by atoms with Gasteiger partial charge in [-0.1, -0.05) is 42.5 Å². The van der Waals surface area contributed by atoms with E-state index in [0.717, 1.165) is 93.7 Å². The molecule has 4 aromatic rings. The number of fused-ring (bicyclic) bond motifs is 1. The summed E-state index contributed by atoms with van der Waals surface area (Å²) in [5, 5.41) is 3.10. The Morgan fingerprint density at radius 1 is 0.977 bits per heavy atom. The van der Waals surface area contributed by atoms with Crippen LogP contribution in [0.1, 0.15) is 52.0 Å². The van der Waals surface area contributed by atoms with Crippen LogP contribution in [-0.2, 0) is 17.9 Å². The molecule has 0 unspecified atom stereocenters. The molecule has 0 spiro atoms. The van der Waals surface area contributed by atoms with Gasteiger partial charge in [0.25, 0.3) is 11.1 Å². The number of likely N-dealkylation sites (tertiary alicyclic amines) is 1. The van der Waals surface area contributed by atoms with Crippen molar-refractivity contribution in [2.45, 2.75) is 59.7 Å². The molecule has 7 nitrogen and oxygen atoms in total. The topological polar surface area (TPSA) is 81.0 Å². The molecule has 0 bridgehead atoms. The molecular formula is C35H37N2NaO5S. The van der Waals surface area contributed by atoms with E-state index in [1.54, 1.807) is 6.08 Å². The minimum absolute atomic E-state index is 0. The van der Waals surface area contributed by atoms with Gasteiger partial charge in [0.2, 0.25) is 0 Å². The summed E-state index contributed by atoms with van der Waals surface area (Å²) in [5.41, 5.74) is 7.53. The third kappa shape index (κ3) is 6.80. The fourth-order valence-corrected chi connectivity index (χ4v) is 6.71. The van der Waals surface area contributed by atoms with E-state index in [-0.39, 0.29) is 46.7 Å². The first-order valence-corrected chi connectivity index (χ1v) is 15.5. The molecule has 0 saturated carbocycles. The summed E-state index contributed by atoms with van der Waals surface area (Å²) in [4.78, 5) is 26.2. The Labute approximate surface area is 284 Å². The number of carbonyl (C=O) groups excluding carboxylic acids is 2. The molecule has 3 heterocycles. The minimum atomic E-state index is -0.353. The summed E-state index contributed by atoms with van der Waals surface area (Å²) < 4.78 is 19.0. The molecule has 3 aromatic carbocycles. The Kier molecular flexibility index (Phi) is 10.3. The number of nitrogens with one attached hydrogen (secondary N) is 1. The number of rotatable bonds is 9. The Morgan fingerprint density at radius 2 is 1.73 bits per heavy atom. The molecule has 0 radical (unpaired) electrons. The second-order valence-corrected chi connectivity index (χ2v) is 12.3. The van der Waals surface area contributed by atoms with Crippen molar-refractivity contribution >= 4 is 69.5 Å². The van der Waals surface area contributed by atoms with Crippen molar-refractivity contribution in [2.75, 3.05) is 13.2 Å². The Bertz CT molecular complexity index is 1720. The number of ether oxygens (including phenoxy) is 2. The Hall–Kier alpha value is -3.01. The molecule has 2 fully saturated rings.